The van der Waals surface area contributed by atoms with Gasteiger partial charge in [-0.1, -0.05) is 12.8 Å². The number of carbonyl (C=O) groups excluding carboxylic acids is 1. The van der Waals surface area contributed by atoms with Crippen LogP contribution < -0.4 is 0 Å². The summed E-state index contributed by atoms with van der Waals surface area (Å²) >= 11 is 0. The molecule has 1 amide bonds. The second-order valence-corrected chi connectivity index (χ2v) is 9.01. The second-order valence-electron chi connectivity index (χ2n) is 7.08. The van der Waals surface area contributed by atoms with E-state index in [2.05, 4.69) is 4.90 Å². The molecule has 3 rings (SSSR count). The third-order valence-electron chi connectivity index (χ3n) is 5.37. The molecule has 3 heterocycles. The Morgan fingerprint density at radius 2 is 1.17 bits per heavy atom. The van der Waals surface area contributed by atoms with Gasteiger partial charge >= 0.3 is 0 Å². The maximum absolute atomic E-state index is 12.6. The highest BCUT2D eigenvalue weighted by molar-refractivity contribution is 7.86. The first-order chi connectivity index (χ1) is 11.6. The standard InChI is InChI=1S/C16H30N4O3S/c21-16(18-7-3-1-2-4-8-18)15-17-11-13-20(14-12-17)24(22,23)19-9-5-6-10-19/h1-15H2. The van der Waals surface area contributed by atoms with Gasteiger partial charge in [-0.15, -0.1) is 0 Å². The van der Waals surface area contributed by atoms with Gasteiger partial charge in [0.15, 0.2) is 0 Å². The summed E-state index contributed by atoms with van der Waals surface area (Å²) in [7, 11) is -3.29. The molecule has 7 nitrogen and oxygen atoms in total. The molecule has 3 fully saturated rings. The highest BCUT2D eigenvalue weighted by Crippen LogP contribution is 2.18. The lowest BCUT2D eigenvalue weighted by Gasteiger charge is -2.36. The van der Waals surface area contributed by atoms with Crippen LogP contribution in [0.25, 0.3) is 0 Å². The molecule has 3 aliphatic heterocycles. The SMILES string of the molecule is O=C(CN1CCN(S(=O)(=O)N2CCCC2)CC1)N1CCCCCC1. The fourth-order valence-electron chi connectivity index (χ4n) is 3.81. The van der Waals surface area contributed by atoms with Crippen molar-refractivity contribution >= 4 is 16.1 Å². The van der Waals surface area contributed by atoms with Crippen molar-refractivity contribution in [3.05, 3.63) is 0 Å². The Labute approximate surface area is 145 Å². The van der Waals surface area contributed by atoms with E-state index >= 15 is 0 Å². The summed E-state index contributed by atoms with van der Waals surface area (Å²) in [6.45, 7) is 5.76. The van der Waals surface area contributed by atoms with E-state index in [-0.39, 0.29) is 5.91 Å². The van der Waals surface area contributed by atoms with Crippen molar-refractivity contribution in [2.75, 3.05) is 58.9 Å². The molecule has 0 saturated carbocycles. The zero-order chi connectivity index (χ0) is 17.0. The number of hydrogen-bond donors (Lipinski definition) is 0. The van der Waals surface area contributed by atoms with Gasteiger partial charge in [0.25, 0.3) is 10.2 Å². The Kier molecular flexibility index (Phi) is 6.12. The average molecular weight is 359 g/mol. The molecule has 0 atom stereocenters. The number of likely N-dealkylation sites (tertiary alicyclic amines) is 1. The van der Waals surface area contributed by atoms with Crippen molar-refractivity contribution < 1.29 is 13.2 Å². The van der Waals surface area contributed by atoms with Gasteiger partial charge in [0.05, 0.1) is 6.54 Å². The molecule has 0 unspecified atom stereocenters. The zero-order valence-electron chi connectivity index (χ0n) is 14.5. The molecule has 0 aliphatic carbocycles. The van der Waals surface area contributed by atoms with Gasteiger partial charge in [-0.3, -0.25) is 9.69 Å². The lowest BCUT2D eigenvalue weighted by molar-refractivity contribution is -0.132. The summed E-state index contributed by atoms with van der Waals surface area (Å²) in [5.41, 5.74) is 0. The van der Waals surface area contributed by atoms with Crippen LogP contribution in [0.3, 0.4) is 0 Å². The molecular formula is C16H30N4O3S. The van der Waals surface area contributed by atoms with Gasteiger partial charge in [-0.25, -0.2) is 0 Å². The van der Waals surface area contributed by atoms with Crippen LogP contribution >= 0.6 is 0 Å². The second kappa shape index (κ2) is 8.12. The van der Waals surface area contributed by atoms with Gasteiger partial charge in [-0.05, 0) is 25.7 Å². The molecular weight excluding hydrogens is 328 g/mol. The zero-order valence-corrected chi connectivity index (χ0v) is 15.3. The van der Waals surface area contributed by atoms with Crippen LogP contribution in [0.4, 0.5) is 0 Å². The first-order valence-electron chi connectivity index (χ1n) is 9.33. The Morgan fingerprint density at radius 1 is 0.667 bits per heavy atom. The number of nitrogens with zero attached hydrogens (tertiary/aromatic N) is 4. The van der Waals surface area contributed by atoms with E-state index in [4.69, 9.17) is 0 Å². The lowest BCUT2D eigenvalue weighted by Crippen LogP contribution is -2.54. The third-order valence-corrected chi connectivity index (χ3v) is 7.40. The molecule has 138 valence electrons. The van der Waals surface area contributed by atoms with E-state index in [0.717, 1.165) is 38.8 Å². The van der Waals surface area contributed by atoms with E-state index in [1.165, 1.54) is 12.8 Å². The van der Waals surface area contributed by atoms with Crippen LogP contribution in [0.15, 0.2) is 0 Å². The van der Waals surface area contributed by atoms with E-state index in [1.807, 2.05) is 4.90 Å². The van der Waals surface area contributed by atoms with Crippen molar-refractivity contribution in [2.24, 2.45) is 0 Å². The molecule has 8 heteroatoms. The van der Waals surface area contributed by atoms with E-state index in [1.54, 1.807) is 8.61 Å². The van der Waals surface area contributed by atoms with Crippen molar-refractivity contribution in [3.63, 3.8) is 0 Å². The monoisotopic (exact) mass is 358 g/mol. The molecule has 3 saturated heterocycles. The third kappa shape index (κ3) is 4.28. The van der Waals surface area contributed by atoms with E-state index in [9.17, 15) is 13.2 Å². The lowest BCUT2D eigenvalue weighted by atomic mass is 10.2. The van der Waals surface area contributed by atoms with Crippen LogP contribution in [0.5, 0.6) is 0 Å². The largest absolute Gasteiger partial charge is 0.342 e. The normalized spacial score (nSPS) is 25.8. The van der Waals surface area contributed by atoms with Crippen molar-refractivity contribution in [3.8, 4) is 0 Å². The number of amides is 1. The molecule has 0 aromatic heterocycles. The van der Waals surface area contributed by atoms with E-state index in [0.29, 0.717) is 45.8 Å². The topological polar surface area (TPSA) is 64.2 Å². The summed E-state index contributed by atoms with van der Waals surface area (Å²) in [5.74, 6) is 0.202. The van der Waals surface area contributed by atoms with Crippen molar-refractivity contribution in [1.82, 2.24) is 18.4 Å². The smallest absolute Gasteiger partial charge is 0.282 e. The number of carbonyl (C=O) groups is 1. The summed E-state index contributed by atoms with van der Waals surface area (Å²) in [5, 5.41) is 0. The van der Waals surface area contributed by atoms with Crippen LogP contribution in [0.2, 0.25) is 0 Å². The minimum absolute atomic E-state index is 0.202. The first kappa shape index (κ1) is 18.1. The number of hydrogen-bond acceptors (Lipinski definition) is 4. The summed E-state index contributed by atoms with van der Waals surface area (Å²) < 4.78 is 28.3. The minimum atomic E-state index is -3.29. The van der Waals surface area contributed by atoms with Crippen LogP contribution in [0.1, 0.15) is 38.5 Å². The highest BCUT2D eigenvalue weighted by Gasteiger charge is 2.34. The molecule has 0 bridgehead atoms. The summed E-state index contributed by atoms with van der Waals surface area (Å²) in [6.07, 6.45) is 6.57. The van der Waals surface area contributed by atoms with Crippen LogP contribution in [0, 0.1) is 0 Å². The van der Waals surface area contributed by atoms with Gasteiger partial charge in [0.2, 0.25) is 5.91 Å². The van der Waals surface area contributed by atoms with Crippen molar-refractivity contribution in [1.29, 1.82) is 0 Å². The fraction of sp³-hybridized carbons (Fsp3) is 0.938. The van der Waals surface area contributed by atoms with Crippen LogP contribution in [-0.4, -0.2) is 91.6 Å². The van der Waals surface area contributed by atoms with Crippen LogP contribution in [-0.2, 0) is 15.0 Å². The minimum Gasteiger partial charge on any atom is -0.342 e. The Morgan fingerprint density at radius 3 is 1.75 bits per heavy atom. The molecule has 24 heavy (non-hydrogen) atoms. The summed E-state index contributed by atoms with van der Waals surface area (Å²) in [4.78, 5) is 16.5. The average Bonchev–Trinajstić information content (AvgIpc) is 2.99. The quantitative estimate of drug-likeness (QED) is 0.727. The molecule has 0 N–H and O–H groups in total. The maximum atomic E-state index is 12.6. The number of rotatable bonds is 4. The number of piperazine rings is 1. The molecule has 0 radical (unpaired) electrons. The Balaban J connectivity index is 1.47. The predicted octanol–water partition coefficient (Wildman–Crippen LogP) is 0.347. The first-order valence-corrected chi connectivity index (χ1v) is 10.7. The summed E-state index contributed by atoms with van der Waals surface area (Å²) in [6, 6.07) is 0. The van der Waals surface area contributed by atoms with Gasteiger partial charge < -0.3 is 4.90 Å². The predicted molar refractivity (Wildman–Crippen MR) is 92.8 cm³/mol. The van der Waals surface area contributed by atoms with Crippen molar-refractivity contribution in [2.45, 2.75) is 38.5 Å². The molecule has 0 aromatic carbocycles. The van der Waals surface area contributed by atoms with Gasteiger partial charge in [0.1, 0.15) is 0 Å². The Bertz CT molecular complexity index is 517. The highest BCUT2D eigenvalue weighted by atomic mass is 32.2. The molecule has 0 aromatic rings. The Hall–Kier alpha value is -0.700. The fourth-order valence-corrected chi connectivity index (χ4v) is 5.48. The van der Waals surface area contributed by atoms with Gasteiger partial charge in [-0.2, -0.15) is 17.0 Å². The maximum Gasteiger partial charge on any atom is 0.282 e. The molecule has 3 aliphatic rings. The van der Waals surface area contributed by atoms with Gasteiger partial charge in [0, 0.05) is 52.4 Å². The van der Waals surface area contributed by atoms with E-state index < -0.39 is 10.2 Å². The molecule has 0 spiro atoms.